The SMILES string of the molecule is CC(C)C(C)C(=O)P. The lowest BCUT2D eigenvalue weighted by Gasteiger charge is -2.09. The maximum absolute atomic E-state index is 10.5. The van der Waals surface area contributed by atoms with Crippen LogP contribution in [0.2, 0.25) is 0 Å². The Kier molecular flexibility index (Phi) is 3.23. The number of carbonyl (C=O) groups is 1. The predicted octanol–water partition coefficient (Wildman–Crippen LogP) is 1.68. The van der Waals surface area contributed by atoms with Crippen LogP contribution in [-0.4, -0.2) is 5.52 Å². The Bertz CT molecular complexity index is 88.5. The highest BCUT2D eigenvalue weighted by atomic mass is 31.0. The van der Waals surface area contributed by atoms with Crippen LogP contribution in [0.1, 0.15) is 20.8 Å². The Balaban J connectivity index is 3.64. The first kappa shape index (κ1) is 8.10. The second kappa shape index (κ2) is 3.19. The van der Waals surface area contributed by atoms with E-state index in [2.05, 4.69) is 9.24 Å². The lowest BCUT2D eigenvalue weighted by Crippen LogP contribution is -2.09. The van der Waals surface area contributed by atoms with Gasteiger partial charge < -0.3 is 0 Å². The summed E-state index contributed by atoms with van der Waals surface area (Å²) in [6, 6.07) is 0. The molecule has 0 rings (SSSR count). The third-order valence-electron chi connectivity index (χ3n) is 1.45. The summed E-state index contributed by atoms with van der Waals surface area (Å²) in [6.07, 6.45) is 0. The molecule has 0 saturated carbocycles. The molecule has 0 radical (unpaired) electrons. The van der Waals surface area contributed by atoms with E-state index in [4.69, 9.17) is 0 Å². The van der Waals surface area contributed by atoms with Gasteiger partial charge in [-0.05, 0) is 5.92 Å². The van der Waals surface area contributed by atoms with Crippen molar-refractivity contribution >= 4 is 14.8 Å². The van der Waals surface area contributed by atoms with Gasteiger partial charge in [-0.25, -0.2) is 0 Å². The van der Waals surface area contributed by atoms with Crippen LogP contribution in [0.4, 0.5) is 0 Å². The first-order chi connectivity index (χ1) is 3.55. The first-order valence-electron chi connectivity index (χ1n) is 2.85. The summed E-state index contributed by atoms with van der Waals surface area (Å²) < 4.78 is 0. The minimum absolute atomic E-state index is 0.194. The van der Waals surface area contributed by atoms with Crippen molar-refractivity contribution in [3.63, 3.8) is 0 Å². The molecule has 0 fully saturated rings. The van der Waals surface area contributed by atoms with Gasteiger partial charge >= 0.3 is 0 Å². The Morgan fingerprint density at radius 1 is 1.38 bits per heavy atom. The van der Waals surface area contributed by atoms with E-state index < -0.39 is 0 Å². The van der Waals surface area contributed by atoms with Gasteiger partial charge in [0.15, 0.2) is 5.52 Å². The summed E-state index contributed by atoms with van der Waals surface area (Å²) in [5.41, 5.74) is 0.208. The average molecular weight is 132 g/mol. The summed E-state index contributed by atoms with van der Waals surface area (Å²) in [7, 11) is 2.20. The number of hydrogen-bond donors (Lipinski definition) is 0. The van der Waals surface area contributed by atoms with Crippen LogP contribution in [0.15, 0.2) is 0 Å². The van der Waals surface area contributed by atoms with E-state index in [0.717, 1.165) is 0 Å². The molecule has 48 valence electrons. The molecule has 0 aliphatic carbocycles. The van der Waals surface area contributed by atoms with Crippen molar-refractivity contribution in [2.75, 3.05) is 0 Å². The monoisotopic (exact) mass is 132 g/mol. The zero-order valence-corrected chi connectivity index (χ0v) is 6.79. The van der Waals surface area contributed by atoms with E-state index in [9.17, 15) is 4.79 Å². The van der Waals surface area contributed by atoms with Crippen molar-refractivity contribution in [1.29, 1.82) is 0 Å². The van der Waals surface area contributed by atoms with Crippen LogP contribution in [-0.2, 0) is 4.79 Å². The molecule has 2 atom stereocenters. The van der Waals surface area contributed by atoms with Crippen LogP contribution in [0.5, 0.6) is 0 Å². The third kappa shape index (κ3) is 2.42. The summed E-state index contributed by atoms with van der Waals surface area (Å²) >= 11 is 0. The van der Waals surface area contributed by atoms with Crippen molar-refractivity contribution in [2.45, 2.75) is 20.8 Å². The summed E-state index contributed by atoms with van der Waals surface area (Å²) in [5.74, 6) is 0.667. The molecule has 2 heteroatoms. The van der Waals surface area contributed by atoms with E-state index in [1.165, 1.54) is 0 Å². The number of rotatable bonds is 2. The fraction of sp³-hybridized carbons (Fsp3) is 0.833. The normalized spacial score (nSPS) is 14.1. The second-order valence-electron chi connectivity index (χ2n) is 2.44. The van der Waals surface area contributed by atoms with Crippen molar-refractivity contribution in [1.82, 2.24) is 0 Å². The van der Waals surface area contributed by atoms with E-state index in [-0.39, 0.29) is 11.4 Å². The maximum Gasteiger partial charge on any atom is 0.151 e. The van der Waals surface area contributed by atoms with Crippen LogP contribution >= 0.6 is 9.24 Å². The van der Waals surface area contributed by atoms with E-state index in [1.807, 2.05) is 20.8 Å². The molecule has 0 aromatic rings. The van der Waals surface area contributed by atoms with Crippen molar-refractivity contribution in [3.8, 4) is 0 Å². The van der Waals surface area contributed by atoms with Gasteiger partial charge in [0, 0.05) is 5.92 Å². The lowest BCUT2D eigenvalue weighted by atomic mass is 10.0. The Morgan fingerprint density at radius 2 is 1.75 bits per heavy atom. The van der Waals surface area contributed by atoms with Crippen molar-refractivity contribution in [3.05, 3.63) is 0 Å². The zero-order chi connectivity index (χ0) is 6.73. The van der Waals surface area contributed by atoms with E-state index in [1.54, 1.807) is 0 Å². The number of carbonyl (C=O) groups excluding carboxylic acids is 1. The van der Waals surface area contributed by atoms with Gasteiger partial charge in [0.2, 0.25) is 0 Å². The highest BCUT2D eigenvalue weighted by Gasteiger charge is 2.10. The predicted molar refractivity (Wildman–Crippen MR) is 38.7 cm³/mol. The largest absolute Gasteiger partial charge is 0.295 e. The fourth-order valence-corrected chi connectivity index (χ4v) is 0.713. The van der Waals surface area contributed by atoms with E-state index in [0.29, 0.717) is 5.92 Å². The van der Waals surface area contributed by atoms with Gasteiger partial charge in [-0.2, -0.15) is 0 Å². The summed E-state index contributed by atoms with van der Waals surface area (Å²) in [6.45, 7) is 6.04. The highest BCUT2D eigenvalue weighted by Crippen LogP contribution is 2.13. The summed E-state index contributed by atoms with van der Waals surface area (Å²) in [4.78, 5) is 10.5. The Labute approximate surface area is 53.1 Å². The molecule has 2 unspecified atom stereocenters. The second-order valence-corrected chi connectivity index (χ2v) is 3.00. The molecule has 0 heterocycles. The maximum atomic E-state index is 10.5. The van der Waals surface area contributed by atoms with Crippen molar-refractivity contribution in [2.24, 2.45) is 11.8 Å². The lowest BCUT2D eigenvalue weighted by molar-refractivity contribution is -0.115. The third-order valence-corrected chi connectivity index (χ3v) is 1.97. The van der Waals surface area contributed by atoms with Crippen LogP contribution in [0.25, 0.3) is 0 Å². The molecular formula is C6H13OP. The topological polar surface area (TPSA) is 17.1 Å². The Hall–Kier alpha value is 0.100. The smallest absolute Gasteiger partial charge is 0.151 e. The molecular weight excluding hydrogens is 119 g/mol. The quantitative estimate of drug-likeness (QED) is 0.522. The van der Waals surface area contributed by atoms with Crippen LogP contribution in [0, 0.1) is 11.8 Å². The molecule has 0 aromatic heterocycles. The highest BCUT2D eigenvalue weighted by molar-refractivity contribution is 7.40. The van der Waals surface area contributed by atoms with Gasteiger partial charge in [-0.15, -0.1) is 0 Å². The van der Waals surface area contributed by atoms with Crippen molar-refractivity contribution < 1.29 is 4.79 Å². The molecule has 0 amide bonds. The minimum atomic E-state index is 0.194. The molecule has 0 bridgehead atoms. The van der Waals surface area contributed by atoms with Gasteiger partial charge in [-0.3, -0.25) is 4.79 Å². The Morgan fingerprint density at radius 3 is 1.75 bits per heavy atom. The van der Waals surface area contributed by atoms with E-state index >= 15 is 0 Å². The molecule has 0 aliphatic rings. The first-order valence-corrected chi connectivity index (χ1v) is 3.42. The van der Waals surface area contributed by atoms with Gasteiger partial charge in [0.05, 0.1) is 0 Å². The zero-order valence-electron chi connectivity index (χ0n) is 5.64. The van der Waals surface area contributed by atoms with Gasteiger partial charge in [0.25, 0.3) is 0 Å². The van der Waals surface area contributed by atoms with Gasteiger partial charge in [-0.1, -0.05) is 30.0 Å². The number of hydrogen-bond acceptors (Lipinski definition) is 1. The molecule has 0 N–H and O–H groups in total. The van der Waals surface area contributed by atoms with Crippen LogP contribution in [0.3, 0.4) is 0 Å². The molecule has 0 aliphatic heterocycles. The standard InChI is InChI=1S/C6H13OP/c1-4(2)5(3)6(7)8/h4-5H,8H2,1-3H3. The van der Waals surface area contributed by atoms with Gasteiger partial charge in [0.1, 0.15) is 0 Å². The molecule has 0 spiro atoms. The molecule has 1 nitrogen and oxygen atoms in total. The fourth-order valence-electron chi connectivity index (χ4n) is 0.329. The molecule has 8 heavy (non-hydrogen) atoms. The van der Waals surface area contributed by atoms with Crippen LogP contribution < -0.4 is 0 Å². The molecule has 0 saturated heterocycles. The average Bonchev–Trinajstić information content (AvgIpc) is 1.64. The summed E-state index contributed by atoms with van der Waals surface area (Å²) in [5, 5.41) is 0. The minimum Gasteiger partial charge on any atom is -0.295 e. The molecule has 0 aromatic carbocycles.